The van der Waals surface area contributed by atoms with Gasteiger partial charge in [-0.3, -0.25) is 15.2 Å². The van der Waals surface area contributed by atoms with Gasteiger partial charge in [-0.2, -0.15) is 0 Å². The number of nitrogens with two attached hydrogens (primary N) is 1. The van der Waals surface area contributed by atoms with Crippen LogP contribution in [0.2, 0.25) is 0 Å². The fraction of sp³-hybridized carbons (Fsp3) is 0. The number of amides is 1. The van der Waals surface area contributed by atoms with E-state index in [-0.39, 0.29) is 5.91 Å². The summed E-state index contributed by atoms with van der Waals surface area (Å²) in [6, 6.07) is 17.5. The molecule has 0 saturated heterocycles. The highest BCUT2D eigenvalue weighted by Crippen LogP contribution is 2.27. The lowest BCUT2D eigenvalue weighted by Crippen LogP contribution is -2.29. The summed E-state index contributed by atoms with van der Waals surface area (Å²) in [6.07, 6.45) is 1.61. The van der Waals surface area contributed by atoms with Gasteiger partial charge in [0.2, 0.25) is 0 Å². The molecular formula is C16H13N3O. The van der Waals surface area contributed by atoms with Crippen molar-refractivity contribution in [2.24, 2.45) is 5.84 Å². The summed E-state index contributed by atoms with van der Waals surface area (Å²) in [6.45, 7) is 0. The van der Waals surface area contributed by atoms with Gasteiger partial charge in [-0.1, -0.05) is 42.5 Å². The van der Waals surface area contributed by atoms with Crippen molar-refractivity contribution in [3.05, 3.63) is 66.4 Å². The van der Waals surface area contributed by atoms with Crippen LogP contribution in [0.25, 0.3) is 22.0 Å². The Morgan fingerprint density at radius 1 is 1.05 bits per heavy atom. The fourth-order valence-corrected chi connectivity index (χ4v) is 2.25. The van der Waals surface area contributed by atoms with E-state index < -0.39 is 0 Å². The smallest absolute Gasteiger partial charge is 0.265 e. The van der Waals surface area contributed by atoms with Gasteiger partial charge in [-0.25, -0.2) is 5.84 Å². The number of pyridine rings is 1. The summed E-state index contributed by atoms with van der Waals surface area (Å²) in [5.74, 6) is 4.84. The monoisotopic (exact) mass is 263 g/mol. The largest absolute Gasteiger partial charge is 0.290 e. The quantitative estimate of drug-likeness (QED) is 0.424. The van der Waals surface area contributed by atoms with E-state index in [9.17, 15) is 4.79 Å². The van der Waals surface area contributed by atoms with Crippen LogP contribution in [-0.2, 0) is 0 Å². The maximum atomic E-state index is 11.6. The molecule has 3 rings (SSSR count). The average molecular weight is 263 g/mol. The molecule has 0 atom stereocenters. The van der Waals surface area contributed by atoms with Crippen LogP contribution in [0.3, 0.4) is 0 Å². The Bertz CT molecular complexity index is 778. The number of nitrogens with one attached hydrogen (secondary N) is 1. The van der Waals surface area contributed by atoms with Crippen molar-refractivity contribution < 1.29 is 4.79 Å². The molecule has 3 N–H and O–H groups in total. The number of nitrogens with zero attached hydrogens (tertiary/aromatic N) is 1. The Morgan fingerprint density at radius 3 is 2.70 bits per heavy atom. The van der Waals surface area contributed by atoms with Crippen molar-refractivity contribution in [2.45, 2.75) is 0 Å². The lowest BCUT2D eigenvalue weighted by molar-refractivity contribution is 0.0953. The van der Waals surface area contributed by atoms with Gasteiger partial charge in [-0.15, -0.1) is 0 Å². The molecule has 0 spiro atoms. The Balaban J connectivity index is 2.18. The van der Waals surface area contributed by atoms with Crippen LogP contribution >= 0.6 is 0 Å². The Kier molecular flexibility index (Phi) is 3.15. The summed E-state index contributed by atoms with van der Waals surface area (Å²) in [5.41, 5.74) is 4.37. The van der Waals surface area contributed by atoms with Crippen molar-refractivity contribution in [3.63, 3.8) is 0 Å². The van der Waals surface area contributed by atoms with E-state index in [1.165, 1.54) is 0 Å². The zero-order valence-corrected chi connectivity index (χ0v) is 10.7. The fourth-order valence-electron chi connectivity index (χ4n) is 2.25. The van der Waals surface area contributed by atoms with Crippen molar-refractivity contribution in [3.8, 4) is 11.3 Å². The van der Waals surface area contributed by atoms with Crippen LogP contribution in [0.5, 0.6) is 0 Å². The van der Waals surface area contributed by atoms with Crippen molar-refractivity contribution in [2.75, 3.05) is 0 Å². The van der Waals surface area contributed by atoms with Crippen LogP contribution in [0.1, 0.15) is 10.4 Å². The second-order valence-electron chi connectivity index (χ2n) is 4.43. The maximum Gasteiger partial charge on any atom is 0.265 e. The minimum absolute atomic E-state index is 0.325. The van der Waals surface area contributed by atoms with E-state index in [1.54, 1.807) is 18.3 Å². The van der Waals surface area contributed by atoms with E-state index in [0.29, 0.717) is 5.56 Å². The van der Waals surface area contributed by atoms with Crippen molar-refractivity contribution in [1.82, 2.24) is 10.4 Å². The lowest BCUT2D eigenvalue weighted by Gasteiger charge is -2.07. The highest BCUT2D eigenvalue weighted by Gasteiger charge is 2.08. The number of carbonyl (C=O) groups excluding carboxylic acids is 1. The minimum atomic E-state index is -0.325. The first-order chi connectivity index (χ1) is 9.79. The number of carbonyl (C=O) groups is 1. The molecule has 3 aromatic rings. The number of benzene rings is 2. The van der Waals surface area contributed by atoms with Crippen molar-refractivity contribution >= 4 is 16.7 Å². The van der Waals surface area contributed by atoms with Gasteiger partial charge in [0, 0.05) is 17.3 Å². The standard InChI is InChI=1S/C16H13N3O/c17-19-16(20)12-8-9-18-15(10-12)14-7-3-5-11-4-1-2-6-13(11)14/h1-10H,17H2,(H,19,20). The first-order valence-electron chi connectivity index (χ1n) is 6.25. The molecule has 2 aromatic carbocycles. The van der Waals surface area contributed by atoms with Gasteiger partial charge >= 0.3 is 0 Å². The summed E-state index contributed by atoms with van der Waals surface area (Å²) >= 11 is 0. The zero-order chi connectivity index (χ0) is 13.9. The second kappa shape index (κ2) is 5.11. The van der Waals surface area contributed by atoms with E-state index in [4.69, 9.17) is 5.84 Å². The third-order valence-electron chi connectivity index (χ3n) is 3.22. The molecule has 0 aliphatic rings. The van der Waals surface area contributed by atoms with Gasteiger partial charge in [0.1, 0.15) is 0 Å². The van der Waals surface area contributed by atoms with E-state index in [1.807, 2.05) is 30.3 Å². The Morgan fingerprint density at radius 2 is 1.85 bits per heavy atom. The third kappa shape index (κ3) is 2.13. The lowest BCUT2D eigenvalue weighted by atomic mass is 10.0. The van der Waals surface area contributed by atoms with E-state index in [0.717, 1.165) is 22.0 Å². The van der Waals surface area contributed by atoms with E-state index in [2.05, 4.69) is 22.5 Å². The minimum Gasteiger partial charge on any atom is -0.290 e. The summed E-state index contributed by atoms with van der Waals surface area (Å²) in [4.78, 5) is 16.0. The number of hydrogen-bond acceptors (Lipinski definition) is 3. The molecule has 0 saturated carbocycles. The molecule has 98 valence electrons. The van der Waals surface area contributed by atoms with Crippen LogP contribution in [-0.4, -0.2) is 10.9 Å². The number of aromatic nitrogens is 1. The molecule has 1 aromatic heterocycles. The van der Waals surface area contributed by atoms with Gasteiger partial charge in [0.25, 0.3) is 5.91 Å². The second-order valence-corrected chi connectivity index (χ2v) is 4.43. The van der Waals surface area contributed by atoms with E-state index >= 15 is 0 Å². The van der Waals surface area contributed by atoms with Gasteiger partial charge < -0.3 is 0 Å². The average Bonchev–Trinajstić information content (AvgIpc) is 2.53. The van der Waals surface area contributed by atoms with Gasteiger partial charge in [0.05, 0.1) is 5.69 Å². The predicted octanol–water partition coefficient (Wildman–Crippen LogP) is 2.51. The zero-order valence-electron chi connectivity index (χ0n) is 10.7. The highest BCUT2D eigenvalue weighted by molar-refractivity contribution is 5.98. The molecule has 0 aliphatic heterocycles. The first-order valence-corrected chi connectivity index (χ1v) is 6.25. The van der Waals surface area contributed by atoms with Gasteiger partial charge in [-0.05, 0) is 22.9 Å². The highest BCUT2D eigenvalue weighted by atomic mass is 16.2. The first kappa shape index (κ1) is 12.3. The number of rotatable bonds is 2. The number of nitrogen functional groups attached to an aromatic ring is 1. The normalized spacial score (nSPS) is 10.4. The van der Waals surface area contributed by atoms with Crippen LogP contribution < -0.4 is 11.3 Å². The summed E-state index contributed by atoms with van der Waals surface area (Å²) in [7, 11) is 0. The SMILES string of the molecule is NNC(=O)c1ccnc(-c2cccc3ccccc23)c1. The molecule has 1 amide bonds. The molecule has 0 fully saturated rings. The van der Waals surface area contributed by atoms with Gasteiger partial charge in [0.15, 0.2) is 0 Å². The maximum absolute atomic E-state index is 11.6. The molecule has 4 heteroatoms. The molecule has 1 heterocycles. The van der Waals surface area contributed by atoms with Crippen LogP contribution in [0.4, 0.5) is 0 Å². The van der Waals surface area contributed by atoms with Crippen molar-refractivity contribution in [1.29, 1.82) is 0 Å². The molecule has 0 radical (unpaired) electrons. The predicted molar refractivity (Wildman–Crippen MR) is 78.8 cm³/mol. The Labute approximate surface area is 116 Å². The number of hydrazine groups is 1. The molecule has 0 unspecified atom stereocenters. The molecular weight excluding hydrogens is 250 g/mol. The third-order valence-corrected chi connectivity index (χ3v) is 3.22. The number of fused-ring (bicyclic) bond motifs is 1. The molecule has 20 heavy (non-hydrogen) atoms. The van der Waals surface area contributed by atoms with Crippen LogP contribution in [0, 0.1) is 0 Å². The Hall–Kier alpha value is -2.72. The summed E-state index contributed by atoms with van der Waals surface area (Å²) in [5, 5.41) is 2.24. The molecule has 0 bridgehead atoms. The van der Waals surface area contributed by atoms with Crippen LogP contribution in [0.15, 0.2) is 60.8 Å². The number of hydrogen-bond donors (Lipinski definition) is 2. The molecule has 4 nitrogen and oxygen atoms in total. The topological polar surface area (TPSA) is 68.0 Å². The molecule has 0 aliphatic carbocycles. The summed E-state index contributed by atoms with van der Waals surface area (Å²) < 4.78 is 0.